The number of hydrogen-bond acceptors (Lipinski definition) is 4. The van der Waals surface area contributed by atoms with Crippen molar-refractivity contribution in [3.63, 3.8) is 0 Å². The van der Waals surface area contributed by atoms with Gasteiger partial charge < -0.3 is 10.0 Å². The lowest BCUT2D eigenvalue weighted by molar-refractivity contribution is -0.145. The van der Waals surface area contributed by atoms with Crippen molar-refractivity contribution in [2.75, 3.05) is 45.2 Å². The molecule has 0 bridgehead atoms. The number of anilines is 1. The molecule has 0 aliphatic carbocycles. The van der Waals surface area contributed by atoms with Crippen LogP contribution in [-0.4, -0.2) is 67.2 Å². The number of carbonyl (C=O) groups is 1. The Kier molecular flexibility index (Phi) is 6.02. The summed E-state index contributed by atoms with van der Waals surface area (Å²) in [4.78, 5) is 18.5. The molecule has 1 saturated heterocycles. The lowest BCUT2D eigenvalue weighted by Gasteiger charge is -2.43. The fourth-order valence-corrected chi connectivity index (χ4v) is 3.42. The smallest absolute Gasteiger partial charge is 0.325 e. The lowest BCUT2D eigenvalue weighted by atomic mass is 10.0. The van der Waals surface area contributed by atoms with Crippen LogP contribution in [0.2, 0.25) is 0 Å². The van der Waals surface area contributed by atoms with Crippen LogP contribution in [0.25, 0.3) is 0 Å². The predicted octanol–water partition coefficient (Wildman–Crippen LogP) is 2.29. The quantitative estimate of drug-likeness (QED) is 0.872. The number of piperazine rings is 1. The molecule has 1 heterocycles. The Morgan fingerprint density at radius 3 is 2.39 bits per heavy atom. The summed E-state index contributed by atoms with van der Waals surface area (Å²) in [5, 5.41) is 9.77. The highest BCUT2D eigenvalue weighted by Crippen LogP contribution is 2.26. The van der Waals surface area contributed by atoms with E-state index < -0.39 is 12.0 Å². The standard InChI is InChI=1S/C18H29N3O2/c1-5-15-13-21(12-11-20(15)6-2)17(18(22)23)14-7-9-16(10-8-14)19(3)4/h7-10,15,17H,5-6,11-13H2,1-4H3,(H,22,23). The zero-order valence-electron chi connectivity index (χ0n) is 14.7. The fourth-order valence-electron chi connectivity index (χ4n) is 3.42. The van der Waals surface area contributed by atoms with Crippen LogP contribution in [0.5, 0.6) is 0 Å². The first-order valence-corrected chi connectivity index (χ1v) is 8.46. The number of aliphatic carboxylic acids is 1. The van der Waals surface area contributed by atoms with E-state index in [2.05, 4.69) is 23.6 Å². The van der Waals surface area contributed by atoms with Gasteiger partial charge in [0, 0.05) is 45.5 Å². The van der Waals surface area contributed by atoms with Crippen molar-refractivity contribution in [2.45, 2.75) is 32.4 Å². The molecule has 0 amide bonds. The molecule has 0 aromatic heterocycles. The summed E-state index contributed by atoms with van der Waals surface area (Å²) >= 11 is 0. The largest absolute Gasteiger partial charge is 0.480 e. The van der Waals surface area contributed by atoms with Crippen molar-refractivity contribution in [2.24, 2.45) is 0 Å². The second-order valence-electron chi connectivity index (χ2n) is 6.41. The Balaban J connectivity index is 2.20. The zero-order chi connectivity index (χ0) is 17.0. The molecule has 2 rings (SSSR count). The van der Waals surface area contributed by atoms with Gasteiger partial charge in [-0.1, -0.05) is 26.0 Å². The molecule has 1 N–H and O–H groups in total. The van der Waals surface area contributed by atoms with Crippen LogP contribution in [0.15, 0.2) is 24.3 Å². The molecule has 5 heteroatoms. The summed E-state index contributed by atoms with van der Waals surface area (Å²) in [7, 11) is 3.97. The van der Waals surface area contributed by atoms with E-state index in [1.807, 2.05) is 43.3 Å². The predicted molar refractivity (Wildman–Crippen MR) is 94.0 cm³/mol. The number of likely N-dealkylation sites (N-methyl/N-ethyl adjacent to an activating group) is 1. The van der Waals surface area contributed by atoms with Gasteiger partial charge in [-0.05, 0) is 30.7 Å². The molecule has 1 aliphatic heterocycles. The van der Waals surface area contributed by atoms with Crippen molar-refractivity contribution >= 4 is 11.7 Å². The maximum atomic E-state index is 11.9. The number of benzene rings is 1. The summed E-state index contributed by atoms with van der Waals surface area (Å²) < 4.78 is 0. The summed E-state index contributed by atoms with van der Waals surface area (Å²) in [5.41, 5.74) is 1.95. The summed E-state index contributed by atoms with van der Waals surface area (Å²) in [5.74, 6) is -0.762. The van der Waals surface area contributed by atoms with Crippen LogP contribution in [-0.2, 0) is 4.79 Å². The van der Waals surface area contributed by atoms with E-state index >= 15 is 0 Å². The molecule has 2 unspecified atom stereocenters. The Hall–Kier alpha value is -1.59. The fraction of sp³-hybridized carbons (Fsp3) is 0.611. The molecule has 1 aliphatic rings. The molecular weight excluding hydrogens is 290 g/mol. The van der Waals surface area contributed by atoms with E-state index in [0.29, 0.717) is 6.04 Å². The first-order valence-electron chi connectivity index (χ1n) is 8.46. The first-order chi connectivity index (χ1) is 11.0. The average molecular weight is 319 g/mol. The van der Waals surface area contributed by atoms with E-state index in [-0.39, 0.29) is 0 Å². The highest BCUT2D eigenvalue weighted by Gasteiger charge is 2.33. The molecule has 23 heavy (non-hydrogen) atoms. The van der Waals surface area contributed by atoms with Gasteiger partial charge in [-0.15, -0.1) is 0 Å². The molecule has 5 nitrogen and oxygen atoms in total. The molecule has 2 atom stereocenters. The van der Waals surface area contributed by atoms with Gasteiger partial charge in [0.05, 0.1) is 0 Å². The maximum absolute atomic E-state index is 11.9. The number of nitrogens with zero attached hydrogens (tertiary/aromatic N) is 3. The van der Waals surface area contributed by atoms with Gasteiger partial charge in [0.2, 0.25) is 0 Å². The van der Waals surface area contributed by atoms with E-state index in [4.69, 9.17) is 0 Å². The van der Waals surface area contributed by atoms with Gasteiger partial charge in [-0.3, -0.25) is 14.6 Å². The summed E-state index contributed by atoms with van der Waals surface area (Å²) in [6.45, 7) is 7.94. The second kappa shape index (κ2) is 7.79. The normalized spacial score (nSPS) is 21.1. The van der Waals surface area contributed by atoms with Gasteiger partial charge in [-0.25, -0.2) is 0 Å². The van der Waals surface area contributed by atoms with Crippen LogP contribution in [0, 0.1) is 0 Å². The highest BCUT2D eigenvalue weighted by molar-refractivity contribution is 5.76. The van der Waals surface area contributed by atoms with E-state index in [0.717, 1.165) is 43.9 Å². The summed E-state index contributed by atoms with van der Waals surface area (Å²) in [6.07, 6.45) is 1.05. The van der Waals surface area contributed by atoms with Gasteiger partial charge in [-0.2, -0.15) is 0 Å². The van der Waals surface area contributed by atoms with E-state index in [9.17, 15) is 9.90 Å². The van der Waals surface area contributed by atoms with Crippen molar-refractivity contribution in [3.05, 3.63) is 29.8 Å². The van der Waals surface area contributed by atoms with Crippen molar-refractivity contribution in [1.82, 2.24) is 9.80 Å². The SMILES string of the molecule is CCC1CN(C(C(=O)O)c2ccc(N(C)C)cc2)CCN1CC. The minimum absolute atomic E-state index is 0.441. The molecule has 1 aromatic carbocycles. The molecule has 0 spiro atoms. The number of carboxylic acids is 1. The molecule has 1 fully saturated rings. The maximum Gasteiger partial charge on any atom is 0.325 e. The van der Waals surface area contributed by atoms with Crippen LogP contribution in [0.1, 0.15) is 31.9 Å². The third-order valence-electron chi connectivity index (χ3n) is 4.84. The van der Waals surface area contributed by atoms with Gasteiger partial charge in [0.15, 0.2) is 0 Å². The Labute approximate surface area is 139 Å². The molecule has 0 radical (unpaired) electrons. The Bertz CT molecular complexity index is 516. The zero-order valence-corrected chi connectivity index (χ0v) is 14.7. The lowest BCUT2D eigenvalue weighted by Crippen LogP contribution is -2.54. The highest BCUT2D eigenvalue weighted by atomic mass is 16.4. The van der Waals surface area contributed by atoms with Crippen molar-refractivity contribution in [1.29, 1.82) is 0 Å². The van der Waals surface area contributed by atoms with Gasteiger partial charge in [0.1, 0.15) is 6.04 Å². The minimum Gasteiger partial charge on any atom is -0.480 e. The molecule has 1 aromatic rings. The molecule has 0 saturated carbocycles. The number of rotatable bonds is 6. The second-order valence-corrected chi connectivity index (χ2v) is 6.41. The van der Waals surface area contributed by atoms with Gasteiger partial charge in [0.25, 0.3) is 0 Å². The molecule has 128 valence electrons. The van der Waals surface area contributed by atoms with Crippen LogP contribution in [0.3, 0.4) is 0 Å². The van der Waals surface area contributed by atoms with Crippen LogP contribution in [0.4, 0.5) is 5.69 Å². The Morgan fingerprint density at radius 1 is 1.26 bits per heavy atom. The number of hydrogen-bond donors (Lipinski definition) is 1. The van der Waals surface area contributed by atoms with Crippen LogP contribution < -0.4 is 4.90 Å². The topological polar surface area (TPSA) is 47.0 Å². The Morgan fingerprint density at radius 2 is 1.91 bits per heavy atom. The van der Waals surface area contributed by atoms with Crippen LogP contribution >= 0.6 is 0 Å². The third-order valence-corrected chi connectivity index (χ3v) is 4.84. The summed E-state index contributed by atoms with van der Waals surface area (Å²) in [6, 6.07) is 7.76. The third kappa shape index (κ3) is 4.03. The number of carboxylic acid groups (broad SMARTS) is 1. The minimum atomic E-state index is -0.762. The monoisotopic (exact) mass is 319 g/mol. The molecular formula is C18H29N3O2. The first kappa shape index (κ1) is 17.8. The average Bonchev–Trinajstić information content (AvgIpc) is 2.55. The van der Waals surface area contributed by atoms with E-state index in [1.165, 1.54) is 0 Å². The van der Waals surface area contributed by atoms with Gasteiger partial charge >= 0.3 is 5.97 Å². The van der Waals surface area contributed by atoms with Crippen molar-refractivity contribution < 1.29 is 9.90 Å². The van der Waals surface area contributed by atoms with E-state index in [1.54, 1.807) is 0 Å². The van der Waals surface area contributed by atoms with Crippen molar-refractivity contribution in [3.8, 4) is 0 Å².